The van der Waals surface area contributed by atoms with E-state index in [-0.39, 0.29) is 11.9 Å². The van der Waals surface area contributed by atoms with Crippen molar-refractivity contribution >= 4 is 11.6 Å². The van der Waals surface area contributed by atoms with Gasteiger partial charge in [0.25, 0.3) is 0 Å². The number of rotatable bonds is 3. The second kappa shape index (κ2) is 5.95. The lowest BCUT2D eigenvalue weighted by molar-refractivity contribution is 0.177. The summed E-state index contributed by atoms with van der Waals surface area (Å²) in [5, 5.41) is 3.84. The SMILES string of the molecule is Fc1ccc(Cl)cc1[C@H](c1ccco1)N1CCNCC1. The maximum atomic E-state index is 14.2. The number of piperazine rings is 1. The molecular weight excluding hydrogens is 279 g/mol. The van der Waals surface area contributed by atoms with E-state index in [1.807, 2.05) is 12.1 Å². The fraction of sp³-hybridized carbons (Fsp3) is 0.333. The van der Waals surface area contributed by atoms with Crippen LogP contribution in [0.4, 0.5) is 4.39 Å². The molecule has 5 heteroatoms. The van der Waals surface area contributed by atoms with Crippen LogP contribution in [0.15, 0.2) is 41.0 Å². The van der Waals surface area contributed by atoms with Crippen LogP contribution in [0.3, 0.4) is 0 Å². The molecule has 1 aliphatic heterocycles. The molecule has 3 nitrogen and oxygen atoms in total. The Morgan fingerprint density at radius 1 is 1.25 bits per heavy atom. The van der Waals surface area contributed by atoms with Crippen molar-refractivity contribution in [2.24, 2.45) is 0 Å². The van der Waals surface area contributed by atoms with Crippen LogP contribution in [0, 0.1) is 5.82 Å². The first kappa shape index (κ1) is 13.6. The fourth-order valence-electron chi connectivity index (χ4n) is 2.64. The molecule has 3 rings (SSSR count). The molecule has 0 unspecified atom stereocenters. The van der Waals surface area contributed by atoms with E-state index in [9.17, 15) is 4.39 Å². The Bertz CT molecular complexity index is 567. The number of nitrogens with one attached hydrogen (secondary N) is 1. The first-order valence-electron chi connectivity index (χ1n) is 6.69. The van der Waals surface area contributed by atoms with Gasteiger partial charge in [-0.15, -0.1) is 0 Å². The number of nitrogens with zero attached hydrogens (tertiary/aromatic N) is 1. The van der Waals surface area contributed by atoms with Crippen LogP contribution in [0.1, 0.15) is 17.4 Å². The normalized spacial score (nSPS) is 18.1. The summed E-state index contributed by atoms with van der Waals surface area (Å²) in [7, 11) is 0. The highest BCUT2D eigenvalue weighted by molar-refractivity contribution is 6.30. The second-order valence-corrected chi connectivity index (χ2v) is 5.31. The van der Waals surface area contributed by atoms with Crippen molar-refractivity contribution in [2.45, 2.75) is 6.04 Å². The van der Waals surface area contributed by atoms with Crippen molar-refractivity contribution in [1.82, 2.24) is 10.2 Å². The lowest BCUT2D eigenvalue weighted by Gasteiger charge is -2.34. The Balaban J connectivity index is 2.02. The van der Waals surface area contributed by atoms with Crippen LogP contribution in [0.25, 0.3) is 0 Å². The molecule has 1 saturated heterocycles. The van der Waals surface area contributed by atoms with Gasteiger partial charge in [0.05, 0.1) is 12.3 Å². The van der Waals surface area contributed by atoms with Crippen LogP contribution < -0.4 is 5.32 Å². The predicted molar refractivity (Wildman–Crippen MR) is 76.4 cm³/mol. The number of hydrogen-bond acceptors (Lipinski definition) is 3. The van der Waals surface area contributed by atoms with E-state index in [1.54, 1.807) is 18.4 Å². The minimum absolute atomic E-state index is 0.231. The zero-order valence-corrected chi connectivity index (χ0v) is 11.7. The summed E-state index contributed by atoms with van der Waals surface area (Å²) in [5.41, 5.74) is 0.564. The molecule has 1 aromatic heterocycles. The highest BCUT2D eigenvalue weighted by Crippen LogP contribution is 2.32. The molecule has 0 bridgehead atoms. The summed E-state index contributed by atoms with van der Waals surface area (Å²) in [5.74, 6) is 0.488. The van der Waals surface area contributed by atoms with Gasteiger partial charge in [0, 0.05) is 36.8 Å². The second-order valence-electron chi connectivity index (χ2n) is 4.87. The lowest BCUT2D eigenvalue weighted by atomic mass is 10.0. The zero-order chi connectivity index (χ0) is 13.9. The summed E-state index contributed by atoms with van der Waals surface area (Å²) in [6.45, 7) is 3.47. The van der Waals surface area contributed by atoms with Gasteiger partial charge in [-0.2, -0.15) is 0 Å². The molecule has 20 heavy (non-hydrogen) atoms. The molecule has 0 spiro atoms. The van der Waals surface area contributed by atoms with Gasteiger partial charge in [-0.1, -0.05) is 11.6 Å². The fourth-order valence-corrected chi connectivity index (χ4v) is 2.82. The molecule has 0 radical (unpaired) electrons. The molecule has 106 valence electrons. The smallest absolute Gasteiger partial charge is 0.128 e. The number of hydrogen-bond donors (Lipinski definition) is 1. The van der Waals surface area contributed by atoms with Gasteiger partial charge >= 0.3 is 0 Å². The van der Waals surface area contributed by atoms with Crippen molar-refractivity contribution in [3.8, 4) is 0 Å². The Morgan fingerprint density at radius 3 is 2.75 bits per heavy atom. The van der Waals surface area contributed by atoms with Crippen LogP contribution in [-0.2, 0) is 0 Å². The Labute approximate surface area is 122 Å². The molecular formula is C15H16ClFN2O. The maximum Gasteiger partial charge on any atom is 0.128 e. The topological polar surface area (TPSA) is 28.4 Å². The minimum atomic E-state index is -0.255. The Kier molecular flexibility index (Phi) is 4.05. The van der Waals surface area contributed by atoms with Gasteiger partial charge in [0.2, 0.25) is 0 Å². The minimum Gasteiger partial charge on any atom is -0.467 e. The lowest BCUT2D eigenvalue weighted by Crippen LogP contribution is -2.45. The summed E-state index contributed by atoms with van der Waals surface area (Å²) in [6.07, 6.45) is 1.62. The van der Waals surface area contributed by atoms with Gasteiger partial charge < -0.3 is 9.73 Å². The Morgan fingerprint density at radius 2 is 2.05 bits per heavy atom. The average Bonchev–Trinajstić information content (AvgIpc) is 2.98. The van der Waals surface area contributed by atoms with E-state index in [4.69, 9.17) is 16.0 Å². The first-order chi connectivity index (χ1) is 9.75. The maximum absolute atomic E-state index is 14.2. The van der Waals surface area contributed by atoms with Crippen molar-refractivity contribution in [1.29, 1.82) is 0 Å². The van der Waals surface area contributed by atoms with Crippen molar-refractivity contribution in [2.75, 3.05) is 26.2 Å². The van der Waals surface area contributed by atoms with Crippen molar-refractivity contribution in [3.63, 3.8) is 0 Å². The van der Waals surface area contributed by atoms with Crippen LogP contribution >= 0.6 is 11.6 Å². The molecule has 2 heterocycles. The average molecular weight is 295 g/mol. The molecule has 0 aliphatic carbocycles. The molecule has 0 amide bonds. The van der Waals surface area contributed by atoms with E-state index >= 15 is 0 Å². The van der Waals surface area contributed by atoms with Crippen molar-refractivity contribution < 1.29 is 8.81 Å². The zero-order valence-electron chi connectivity index (χ0n) is 11.0. The Hall–Kier alpha value is -1.36. The summed E-state index contributed by atoms with van der Waals surface area (Å²) in [4.78, 5) is 2.21. The number of halogens is 2. The number of furan rings is 1. The molecule has 0 saturated carbocycles. The van der Waals surface area contributed by atoms with E-state index in [0.29, 0.717) is 10.6 Å². The molecule has 1 atom stereocenters. The summed E-state index contributed by atoms with van der Waals surface area (Å²) in [6, 6.07) is 8.14. The highest BCUT2D eigenvalue weighted by atomic mass is 35.5. The monoisotopic (exact) mass is 294 g/mol. The largest absolute Gasteiger partial charge is 0.467 e. The van der Waals surface area contributed by atoms with Crippen LogP contribution in [0.5, 0.6) is 0 Å². The van der Waals surface area contributed by atoms with Crippen LogP contribution in [0.2, 0.25) is 5.02 Å². The molecule has 1 fully saturated rings. The predicted octanol–water partition coefficient (Wildman–Crippen LogP) is 3.07. The van der Waals surface area contributed by atoms with Gasteiger partial charge in [-0.05, 0) is 30.3 Å². The first-order valence-corrected chi connectivity index (χ1v) is 7.06. The molecule has 1 aromatic carbocycles. The van der Waals surface area contributed by atoms with Crippen molar-refractivity contribution in [3.05, 3.63) is 58.8 Å². The van der Waals surface area contributed by atoms with Crippen LogP contribution in [-0.4, -0.2) is 31.1 Å². The summed E-state index contributed by atoms with van der Waals surface area (Å²) < 4.78 is 19.8. The molecule has 1 N–H and O–H groups in total. The quantitative estimate of drug-likeness (QED) is 0.943. The van der Waals surface area contributed by atoms with E-state index in [0.717, 1.165) is 31.9 Å². The van der Waals surface area contributed by atoms with Gasteiger partial charge in [-0.25, -0.2) is 4.39 Å². The number of benzene rings is 1. The van der Waals surface area contributed by atoms with E-state index in [2.05, 4.69) is 10.2 Å². The third-order valence-electron chi connectivity index (χ3n) is 3.58. The van der Waals surface area contributed by atoms with E-state index < -0.39 is 0 Å². The third-order valence-corrected chi connectivity index (χ3v) is 3.82. The third kappa shape index (κ3) is 2.73. The molecule has 1 aliphatic rings. The highest BCUT2D eigenvalue weighted by Gasteiger charge is 2.28. The molecule has 2 aromatic rings. The summed E-state index contributed by atoms with van der Waals surface area (Å²) >= 11 is 6.03. The standard InChI is InChI=1S/C15H16ClFN2O/c16-11-3-4-13(17)12(10-11)15(14-2-1-9-20-14)19-7-5-18-6-8-19/h1-4,9-10,15,18H,5-8H2/t15-/m1/s1. The van der Waals surface area contributed by atoms with Gasteiger partial charge in [-0.3, -0.25) is 4.90 Å². The van der Waals surface area contributed by atoms with Gasteiger partial charge in [0.15, 0.2) is 0 Å². The van der Waals surface area contributed by atoms with E-state index in [1.165, 1.54) is 6.07 Å². The van der Waals surface area contributed by atoms with Gasteiger partial charge in [0.1, 0.15) is 11.6 Å².